The summed E-state index contributed by atoms with van der Waals surface area (Å²) in [7, 11) is 0. The van der Waals surface area contributed by atoms with Crippen LogP contribution in [0.25, 0.3) is 0 Å². The van der Waals surface area contributed by atoms with Crippen LogP contribution in [0, 0.1) is 0 Å². The second-order valence-electron chi connectivity index (χ2n) is 4.79. The largest absolute Gasteiger partial charge is 0.321 e. The van der Waals surface area contributed by atoms with Gasteiger partial charge in [0.15, 0.2) is 0 Å². The number of hydrogen-bond acceptors (Lipinski definition) is 2. The van der Waals surface area contributed by atoms with Crippen LogP contribution in [0.2, 0.25) is 0 Å². The third-order valence-corrected chi connectivity index (χ3v) is 4.55. The molecule has 0 bridgehead atoms. The number of benzene rings is 2. The predicted molar refractivity (Wildman–Crippen MR) is 84.4 cm³/mol. The van der Waals surface area contributed by atoms with Gasteiger partial charge in [-0.1, -0.05) is 55.5 Å². The first-order valence-corrected chi connectivity index (χ1v) is 7.75. The monoisotopic (exact) mass is 271 g/mol. The highest BCUT2D eigenvalue weighted by Crippen LogP contribution is 2.29. The van der Waals surface area contributed by atoms with Crippen LogP contribution in [-0.2, 0) is 5.54 Å². The van der Waals surface area contributed by atoms with Crippen molar-refractivity contribution in [2.24, 2.45) is 5.73 Å². The Morgan fingerprint density at radius 3 is 2.11 bits per heavy atom. The van der Waals surface area contributed by atoms with E-state index in [1.807, 2.05) is 23.9 Å². The molecule has 0 aromatic heterocycles. The molecule has 0 spiro atoms. The van der Waals surface area contributed by atoms with E-state index >= 15 is 0 Å². The van der Waals surface area contributed by atoms with Gasteiger partial charge >= 0.3 is 0 Å². The summed E-state index contributed by atoms with van der Waals surface area (Å²) in [4.78, 5) is 1.31. The van der Waals surface area contributed by atoms with Crippen LogP contribution in [0.5, 0.6) is 0 Å². The molecule has 0 radical (unpaired) electrons. The van der Waals surface area contributed by atoms with Crippen molar-refractivity contribution >= 4 is 11.8 Å². The summed E-state index contributed by atoms with van der Waals surface area (Å²) in [5.74, 6) is 1.04. The fourth-order valence-electron chi connectivity index (χ4n) is 2.16. The van der Waals surface area contributed by atoms with E-state index in [2.05, 4.69) is 55.5 Å². The van der Waals surface area contributed by atoms with E-state index < -0.39 is 0 Å². The van der Waals surface area contributed by atoms with Gasteiger partial charge < -0.3 is 5.73 Å². The maximum atomic E-state index is 6.57. The van der Waals surface area contributed by atoms with Crippen LogP contribution in [0.15, 0.2) is 65.6 Å². The average Bonchev–Trinajstić information content (AvgIpc) is 2.49. The number of nitrogens with two attached hydrogens (primary N) is 1. The first kappa shape index (κ1) is 14.2. The summed E-state index contributed by atoms with van der Waals surface area (Å²) >= 11 is 1.88. The standard InChI is InChI=1S/C17H21NS/c1-2-17(18,15-9-5-3-6-10-15)13-14-19-16-11-7-4-8-12-16/h3-12H,2,13-14,18H2,1H3. The Bertz CT molecular complexity index is 483. The lowest BCUT2D eigenvalue weighted by atomic mass is 9.86. The van der Waals surface area contributed by atoms with E-state index in [-0.39, 0.29) is 5.54 Å². The third-order valence-electron chi connectivity index (χ3n) is 3.54. The highest BCUT2D eigenvalue weighted by molar-refractivity contribution is 7.99. The Morgan fingerprint density at radius 1 is 0.947 bits per heavy atom. The third kappa shape index (κ3) is 3.85. The molecular formula is C17H21NS. The summed E-state index contributed by atoms with van der Waals surface area (Å²) in [6, 6.07) is 20.9. The van der Waals surface area contributed by atoms with Gasteiger partial charge in [-0.05, 0) is 30.5 Å². The molecule has 0 aliphatic heterocycles. The first-order valence-electron chi connectivity index (χ1n) is 6.77. The predicted octanol–water partition coefficient (Wildman–Crippen LogP) is 4.43. The van der Waals surface area contributed by atoms with Crippen LogP contribution in [0.4, 0.5) is 0 Å². The Labute approximate surface area is 120 Å². The second-order valence-corrected chi connectivity index (χ2v) is 5.96. The number of thioether (sulfide) groups is 1. The van der Waals surface area contributed by atoms with Gasteiger partial charge in [-0.15, -0.1) is 11.8 Å². The minimum Gasteiger partial charge on any atom is -0.321 e. The van der Waals surface area contributed by atoms with Crippen molar-refractivity contribution in [3.63, 3.8) is 0 Å². The molecule has 2 N–H and O–H groups in total. The van der Waals surface area contributed by atoms with Crippen LogP contribution in [0.3, 0.4) is 0 Å². The lowest BCUT2D eigenvalue weighted by Crippen LogP contribution is -2.36. The molecule has 2 aromatic carbocycles. The summed E-state index contributed by atoms with van der Waals surface area (Å²) < 4.78 is 0. The SMILES string of the molecule is CCC(N)(CCSc1ccccc1)c1ccccc1. The lowest BCUT2D eigenvalue weighted by molar-refractivity contribution is 0.416. The van der Waals surface area contributed by atoms with Gasteiger partial charge in [-0.3, -0.25) is 0 Å². The van der Waals surface area contributed by atoms with Crippen molar-refractivity contribution in [3.05, 3.63) is 66.2 Å². The molecule has 100 valence electrons. The molecule has 1 atom stereocenters. The fraction of sp³-hybridized carbons (Fsp3) is 0.294. The number of rotatable bonds is 6. The first-order chi connectivity index (χ1) is 9.24. The second kappa shape index (κ2) is 6.78. The molecule has 19 heavy (non-hydrogen) atoms. The van der Waals surface area contributed by atoms with Crippen LogP contribution < -0.4 is 5.73 Å². The maximum absolute atomic E-state index is 6.57. The van der Waals surface area contributed by atoms with E-state index in [4.69, 9.17) is 5.73 Å². The molecule has 1 unspecified atom stereocenters. The van der Waals surface area contributed by atoms with Crippen LogP contribution >= 0.6 is 11.8 Å². The highest BCUT2D eigenvalue weighted by Gasteiger charge is 2.24. The molecule has 1 nitrogen and oxygen atoms in total. The molecule has 0 aliphatic carbocycles. The molecule has 0 saturated heterocycles. The van der Waals surface area contributed by atoms with Crippen LogP contribution in [-0.4, -0.2) is 5.75 Å². The Hall–Kier alpha value is -1.25. The van der Waals surface area contributed by atoms with Gasteiger partial charge in [0.1, 0.15) is 0 Å². The van der Waals surface area contributed by atoms with Crippen molar-refractivity contribution in [3.8, 4) is 0 Å². The molecule has 2 heteroatoms. The topological polar surface area (TPSA) is 26.0 Å². The van der Waals surface area contributed by atoms with E-state index in [0.29, 0.717) is 0 Å². The zero-order valence-corrected chi connectivity index (χ0v) is 12.2. The zero-order valence-electron chi connectivity index (χ0n) is 11.4. The molecule has 0 heterocycles. The van der Waals surface area contributed by atoms with Gasteiger partial charge in [0.2, 0.25) is 0 Å². The molecule has 2 aromatic rings. The smallest absolute Gasteiger partial charge is 0.0415 e. The minimum absolute atomic E-state index is 0.205. The summed E-state index contributed by atoms with van der Waals surface area (Å²) in [5, 5.41) is 0. The minimum atomic E-state index is -0.205. The van der Waals surface area contributed by atoms with Crippen molar-refractivity contribution in [1.82, 2.24) is 0 Å². The maximum Gasteiger partial charge on any atom is 0.0415 e. The fourth-order valence-corrected chi connectivity index (χ4v) is 3.21. The Balaban J connectivity index is 1.96. The summed E-state index contributed by atoms with van der Waals surface area (Å²) in [6.07, 6.45) is 1.96. The molecule has 0 saturated carbocycles. The summed E-state index contributed by atoms with van der Waals surface area (Å²) in [6.45, 7) is 2.17. The van der Waals surface area contributed by atoms with Gasteiger partial charge in [0.25, 0.3) is 0 Å². The molecule has 0 fully saturated rings. The van der Waals surface area contributed by atoms with E-state index in [0.717, 1.165) is 18.6 Å². The normalized spacial score (nSPS) is 14.0. The Kier molecular flexibility index (Phi) is 5.06. The Morgan fingerprint density at radius 2 is 1.53 bits per heavy atom. The molecule has 2 rings (SSSR count). The zero-order chi connectivity index (χ0) is 13.6. The van der Waals surface area contributed by atoms with Gasteiger partial charge in [0.05, 0.1) is 0 Å². The molecular weight excluding hydrogens is 250 g/mol. The van der Waals surface area contributed by atoms with E-state index in [9.17, 15) is 0 Å². The number of hydrogen-bond donors (Lipinski definition) is 1. The van der Waals surface area contributed by atoms with Gasteiger partial charge in [0, 0.05) is 16.2 Å². The quantitative estimate of drug-likeness (QED) is 0.786. The highest BCUT2D eigenvalue weighted by atomic mass is 32.2. The summed E-state index contributed by atoms with van der Waals surface area (Å²) in [5.41, 5.74) is 7.61. The van der Waals surface area contributed by atoms with Crippen LogP contribution in [0.1, 0.15) is 25.3 Å². The molecule has 0 amide bonds. The average molecular weight is 271 g/mol. The van der Waals surface area contributed by atoms with Gasteiger partial charge in [-0.2, -0.15) is 0 Å². The lowest BCUT2D eigenvalue weighted by Gasteiger charge is -2.28. The van der Waals surface area contributed by atoms with Crippen molar-refractivity contribution in [2.75, 3.05) is 5.75 Å². The van der Waals surface area contributed by atoms with E-state index in [1.54, 1.807) is 0 Å². The molecule has 0 aliphatic rings. The van der Waals surface area contributed by atoms with Gasteiger partial charge in [-0.25, -0.2) is 0 Å². The van der Waals surface area contributed by atoms with E-state index in [1.165, 1.54) is 10.5 Å². The van der Waals surface area contributed by atoms with Crippen molar-refractivity contribution in [1.29, 1.82) is 0 Å². The van der Waals surface area contributed by atoms with Crippen molar-refractivity contribution in [2.45, 2.75) is 30.2 Å². The van der Waals surface area contributed by atoms with Crippen molar-refractivity contribution < 1.29 is 0 Å².